The monoisotopic (exact) mass is 262 g/mol. The minimum absolute atomic E-state index is 0.415. The maximum atomic E-state index is 4.56. The van der Waals surface area contributed by atoms with Crippen LogP contribution >= 0.6 is 0 Å². The van der Waals surface area contributed by atoms with Gasteiger partial charge in [0.2, 0.25) is 5.95 Å². The summed E-state index contributed by atoms with van der Waals surface area (Å²) in [6, 6.07) is 0.415. The normalized spacial score (nSPS) is 12.9. The highest BCUT2D eigenvalue weighted by molar-refractivity contribution is 5.87. The molecule has 104 valence electrons. The highest BCUT2D eigenvalue weighted by atomic mass is 15.3. The van der Waals surface area contributed by atoms with Crippen LogP contribution in [-0.4, -0.2) is 40.3 Å². The molecule has 1 atom stereocenters. The van der Waals surface area contributed by atoms with Gasteiger partial charge < -0.3 is 10.2 Å². The lowest BCUT2D eigenvalue weighted by Gasteiger charge is -2.27. The Labute approximate surface area is 113 Å². The number of aromatic nitrogens is 4. The Morgan fingerprint density at radius 1 is 1.32 bits per heavy atom. The van der Waals surface area contributed by atoms with E-state index in [2.05, 4.69) is 58.2 Å². The molecule has 2 aromatic heterocycles. The molecule has 2 aromatic rings. The largest absolute Gasteiger partial charge is 0.357 e. The lowest BCUT2D eigenvalue weighted by Crippen LogP contribution is -2.31. The van der Waals surface area contributed by atoms with Gasteiger partial charge in [0.05, 0.1) is 11.6 Å². The number of fused-ring (bicyclic) bond motifs is 1. The topological polar surface area (TPSA) is 69.7 Å². The molecule has 1 unspecified atom stereocenters. The molecule has 0 amide bonds. The van der Waals surface area contributed by atoms with E-state index in [1.165, 1.54) is 0 Å². The average molecular weight is 262 g/mol. The second-order valence-corrected chi connectivity index (χ2v) is 5.34. The van der Waals surface area contributed by atoms with Crippen molar-refractivity contribution in [3.05, 3.63) is 6.20 Å². The third kappa shape index (κ3) is 2.77. The number of anilines is 2. The maximum absolute atomic E-state index is 4.56. The third-order valence-electron chi connectivity index (χ3n) is 3.32. The second kappa shape index (κ2) is 5.42. The van der Waals surface area contributed by atoms with E-state index in [-0.39, 0.29) is 0 Å². The van der Waals surface area contributed by atoms with Crippen molar-refractivity contribution in [1.82, 2.24) is 20.2 Å². The van der Waals surface area contributed by atoms with Gasteiger partial charge in [-0.3, -0.25) is 5.10 Å². The van der Waals surface area contributed by atoms with Crippen molar-refractivity contribution in [3.63, 3.8) is 0 Å². The fourth-order valence-corrected chi connectivity index (χ4v) is 2.25. The minimum Gasteiger partial charge on any atom is -0.357 e. The molecule has 2 heterocycles. The highest BCUT2D eigenvalue weighted by Gasteiger charge is 2.17. The van der Waals surface area contributed by atoms with Crippen molar-refractivity contribution in [2.75, 3.05) is 24.3 Å². The van der Waals surface area contributed by atoms with Gasteiger partial charge in [-0.25, -0.2) is 0 Å². The first-order chi connectivity index (χ1) is 9.02. The highest BCUT2D eigenvalue weighted by Crippen LogP contribution is 2.25. The van der Waals surface area contributed by atoms with Crippen molar-refractivity contribution in [2.24, 2.45) is 5.92 Å². The van der Waals surface area contributed by atoms with Crippen molar-refractivity contribution < 1.29 is 0 Å². The molecule has 0 saturated heterocycles. The Balaban J connectivity index is 2.39. The van der Waals surface area contributed by atoms with Crippen LogP contribution in [0.2, 0.25) is 0 Å². The molecule has 2 N–H and O–H groups in total. The van der Waals surface area contributed by atoms with Crippen LogP contribution in [0, 0.1) is 5.92 Å². The molecular formula is C13H22N6. The molecule has 0 fully saturated rings. The molecule has 0 bridgehead atoms. The Kier molecular flexibility index (Phi) is 3.87. The van der Waals surface area contributed by atoms with Gasteiger partial charge in [-0.2, -0.15) is 15.1 Å². The summed E-state index contributed by atoms with van der Waals surface area (Å²) in [4.78, 5) is 11.1. The molecular weight excluding hydrogens is 240 g/mol. The zero-order valence-electron chi connectivity index (χ0n) is 12.2. The van der Waals surface area contributed by atoms with Crippen LogP contribution in [-0.2, 0) is 0 Å². The predicted octanol–water partition coefficient (Wildman–Crippen LogP) is 2.27. The molecule has 0 saturated carbocycles. The number of hydrogen-bond acceptors (Lipinski definition) is 5. The molecule has 0 aromatic carbocycles. The number of nitrogens with zero attached hydrogens (tertiary/aromatic N) is 4. The van der Waals surface area contributed by atoms with Crippen LogP contribution in [0.5, 0.6) is 0 Å². The van der Waals surface area contributed by atoms with E-state index in [1.54, 1.807) is 6.20 Å². The van der Waals surface area contributed by atoms with Crippen molar-refractivity contribution in [2.45, 2.75) is 33.2 Å². The van der Waals surface area contributed by atoms with E-state index in [9.17, 15) is 0 Å². The summed E-state index contributed by atoms with van der Waals surface area (Å²) in [7, 11) is 3.89. The van der Waals surface area contributed by atoms with Crippen LogP contribution in [0.4, 0.5) is 11.8 Å². The van der Waals surface area contributed by atoms with E-state index in [1.807, 2.05) is 7.05 Å². The molecule has 0 aliphatic rings. The molecule has 6 heteroatoms. The smallest absolute Gasteiger partial charge is 0.226 e. The van der Waals surface area contributed by atoms with Gasteiger partial charge >= 0.3 is 0 Å². The van der Waals surface area contributed by atoms with Crippen molar-refractivity contribution in [1.29, 1.82) is 0 Å². The first kappa shape index (κ1) is 13.6. The van der Waals surface area contributed by atoms with Crippen molar-refractivity contribution >= 4 is 22.8 Å². The molecule has 0 radical (unpaired) electrons. The molecule has 19 heavy (non-hydrogen) atoms. The van der Waals surface area contributed by atoms with Crippen LogP contribution in [0.3, 0.4) is 0 Å². The molecule has 0 spiro atoms. The van der Waals surface area contributed by atoms with Crippen LogP contribution in [0.25, 0.3) is 11.0 Å². The Morgan fingerprint density at radius 3 is 2.68 bits per heavy atom. The lowest BCUT2D eigenvalue weighted by atomic mass is 10.0. The van der Waals surface area contributed by atoms with Gasteiger partial charge in [-0.1, -0.05) is 13.8 Å². The van der Waals surface area contributed by atoms with Crippen LogP contribution in [0.15, 0.2) is 6.20 Å². The quantitative estimate of drug-likeness (QED) is 0.865. The Hall–Kier alpha value is -1.85. The molecule has 2 rings (SSSR count). The first-order valence-electron chi connectivity index (χ1n) is 6.64. The molecule has 6 nitrogen and oxygen atoms in total. The minimum atomic E-state index is 0.415. The van der Waals surface area contributed by atoms with Gasteiger partial charge in [0, 0.05) is 20.1 Å². The van der Waals surface area contributed by atoms with Gasteiger partial charge in [0.15, 0.2) is 5.65 Å². The zero-order chi connectivity index (χ0) is 14.0. The second-order valence-electron chi connectivity index (χ2n) is 5.34. The van der Waals surface area contributed by atoms with Crippen LogP contribution in [0.1, 0.15) is 27.2 Å². The summed E-state index contributed by atoms with van der Waals surface area (Å²) in [5, 5.41) is 10.9. The van der Waals surface area contributed by atoms with Gasteiger partial charge in [0.25, 0.3) is 0 Å². The summed E-state index contributed by atoms with van der Waals surface area (Å²) < 4.78 is 0. The summed E-state index contributed by atoms with van der Waals surface area (Å²) in [5.74, 6) is 2.18. The number of aromatic amines is 1. The first-order valence-corrected chi connectivity index (χ1v) is 6.64. The van der Waals surface area contributed by atoms with E-state index < -0.39 is 0 Å². The summed E-state index contributed by atoms with van der Waals surface area (Å²) in [6.07, 6.45) is 2.90. The Morgan fingerprint density at radius 2 is 2.05 bits per heavy atom. The average Bonchev–Trinajstić information content (AvgIpc) is 2.83. The van der Waals surface area contributed by atoms with Gasteiger partial charge in [-0.05, 0) is 19.3 Å². The molecule has 0 aliphatic carbocycles. The number of nitrogens with one attached hydrogen (secondary N) is 2. The van der Waals surface area contributed by atoms with E-state index >= 15 is 0 Å². The standard InChI is InChI=1S/C13H22N6/c1-8(2)6-9(3)19(5)12-10-7-15-18-11(10)16-13(14-4)17-12/h7-9H,6H2,1-5H3,(H2,14,15,16,17,18). The number of rotatable bonds is 5. The Bertz CT molecular complexity index is 547. The molecule has 0 aliphatic heterocycles. The zero-order valence-corrected chi connectivity index (χ0v) is 12.2. The summed E-state index contributed by atoms with van der Waals surface area (Å²) in [6.45, 7) is 6.68. The van der Waals surface area contributed by atoms with Gasteiger partial charge in [0.1, 0.15) is 5.82 Å². The van der Waals surface area contributed by atoms with Crippen molar-refractivity contribution in [3.8, 4) is 0 Å². The summed E-state index contributed by atoms with van der Waals surface area (Å²) in [5.41, 5.74) is 0.762. The summed E-state index contributed by atoms with van der Waals surface area (Å²) >= 11 is 0. The number of hydrogen-bond donors (Lipinski definition) is 2. The van der Waals surface area contributed by atoms with E-state index in [0.717, 1.165) is 23.3 Å². The van der Waals surface area contributed by atoms with E-state index in [0.29, 0.717) is 17.9 Å². The number of H-pyrrole nitrogens is 1. The fraction of sp³-hybridized carbons (Fsp3) is 0.615. The van der Waals surface area contributed by atoms with Gasteiger partial charge in [-0.15, -0.1) is 0 Å². The SMILES string of the molecule is CNc1nc(N(C)C(C)CC(C)C)c2cn[nH]c2n1. The van der Waals surface area contributed by atoms with E-state index in [4.69, 9.17) is 0 Å². The third-order valence-corrected chi connectivity index (χ3v) is 3.32. The lowest BCUT2D eigenvalue weighted by molar-refractivity contribution is 0.503. The van der Waals surface area contributed by atoms with Crippen LogP contribution < -0.4 is 10.2 Å². The maximum Gasteiger partial charge on any atom is 0.226 e. The fourth-order valence-electron chi connectivity index (χ4n) is 2.25. The predicted molar refractivity (Wildman–Crippen MR) is 78.6 cm³/mol.